The van der Waals surface area contributed by atoms with Crippen molar-refractivity contribution in [1.29, 1.82) is 0 Å². The average molecular weight is 331 g/mol. The Labute approximate surface area is 138 Å². The van der Waals surface area contributed by atoms with Gasteiger partial charge >= 0.3 is 12.1 Å². The lowest BCUT2D eigenvalue weighted by Crippen LogP contribution is -2.13. The Kier molecular flexibility index (Phi) is 6.50. The summed E-state index contributed by atoms with van der Waals surface area (Å²) in [6.07, 6.45) is -0.524. The number of aliphatic carboxylic acids is 1. The molecule has 0 aromatic heterocycles. The first kappa shape index (κ1) is 16.9. The number of carbonyl (C=O) groups is 2. The van der Waals surface area contributed by atoms with Crippen LogP contribution in [0, 0.1) is 0 Å². The molecule has 2 aromatic rings. The number of carboxylic acid groups (broad SMARTS) is 1. The lowest BCUT2D eigenvalue weighted by molar-refractivity contribution is -0.133. The van der Waals surface area contributed by atoms with Crippen LogP contribution in [0.15, 0.2) is 54.6 Å². The second kappa shape index (κ2) is 8.85. The lowest BCUT2D eigenvalue weighted by atomic mass is 10.2. The molecule has 0 atom stereocenters. The standard InChI is InChI=1S/C17H17NO4S/c19-16(20)12-23-11-14-7-4-8-15(9-14)18-17(21)22-10-13-5-2-1-3-6-13/h1-9H,10-12H2,(H,18,21)(H,19,20). The van der Waals surface area contributed by atoms with Gasteiger partial charge < -0.3 is 9.84 Å². The van der Waals surface area contributed by atoms with Crippen LogP contribution in [0.4, 0.5) is 10.5 Å². The van der Waals surface area contributed by atoms with Crippen LogP contribution in [0.3, 0.4) is 0 Å². The molecule has 120 valence electrons. The molecular formula is C17H17NO4S. The van der Waals surface area contributed by atoms with Gasteiger partial charge in [-0.15, -0.1) is 11.8 Å². The number of carbonyl (C=O) groups excluding carboxylic acids is 1. The van der Waals surface area contributed by atoms with Crippen molar-refractivity contribution in [1.82, 2.24) is 0 Å². The normalized spacial score (nSPS) is 10.1. The van der Waals surface area contributed by atoms with Crippen LogP contribution >= 0.6 is 11.8 Å². The van der Waals surface area contributed by atoms with Gasteiger partial charge in [0.25, 0.3) is 0 Å². The number of anilines is 1. The van der Waals surface area contributed by atoms with E-state index in [1.54, 1.807) is 12.1 Å². The fraction of sp³-hybridized carbons (Fsp3) is 0.176. The quantitative estimate of drug-likeness (QED) is 0.808. The molecule has 0 bridgehead atoms. The molecule has 0 spiro atoms. The summed E-state index contributed by atoms with van der Waals surface area (Å²) in [5, 5.41) is 11.3. The van der Waals surface area contributed by atoms with Gasteiger partial charge in [-0.1, -0.05) is 42.5 Å². The van der Waals surface area contributed by atoms with Gasteiger partial charge in [0.15, 0.2) is 0 Å². The highest BCUT2D eigenvalue weighted by Gasteiger charge is 2.05. The van der Waals surface area contributed by atoms with Crippen LogP contribution in [-0.2, 0) is 21.9 Å². The molecular weight excluding hydrogens is 314 g/mol. The van der Waals surface area contributed by atoms with Gasteiger partial charge in [0.05, 0.1) is 5.75 Å². The van der Waals surface area contributed by atoms with E-state index >= 15 is 0 Å². The van der Waals surface area contributed by atoms with E-state index in [4.69, 9.17) is 9.84 Å². The third kappa shape index (κ3) is 6.44. The number of carboxylic acids is 1. The smallest absolute Gasteiger partial charge is 0.411 e. The van der Waals surface area contributed by atoms with Gasteiger partial charge in [-0.05, 0) is 23.3 Å². The highest BCUT2D eigenvalue weighted by atomic mass is 32.2. The minimum Gasteiger partial charge on any atom is -0.481 e. The van der Waals surface area contributed by atoms with Crippen molar-refractivity contribution in [2.75, 3.05) is 11.1 Å². The SMILES string of the molecule is O=C(O)CSCc1cccc(NC(=O)OCc2ccccc2)c1. The first-order valence-corrected chi connectivity index (χ1v) is 8.15. The van der Waals surface area contributed by atoms with E-state index in [-0.39, 0.29) is 12.4 Å². The number of hydrogen-bond acceptors (Lipinski definition) is 4. The van der Waals surface area contributed by atoms with Crippen molar-refractivity contribution in [3.05, 3.63) is 65.7 Å². The molecule has 0 unspecified atom stereocenters. The molecule has 2 N–H and O–H groups in total. The van der Waals surface area contributed by atoms with Crippen LogP contribution in [-0.4, -0.2) is 22.9 Å². The molecule has 0 fully saturated rings. The molecule has 2 rings (SSSR count). The minimum atomic E-state index is -0.839. The van der Waals surface area contributed by atoms with Gasteiger partial charge in [0.2, 0.25) is 0 Å². The molecule has 0 aliphatic carbocycles. The predicted octanol–water partition coefficient (Wildman–Crippen LogP) is 3.75. The van der Waals surface area contributed by atoms with Gasteiger partial charge in [-0.2, -0.15) is 0 Å². The first-order valence-electron chi connectivity index (χ1n) is 6.99. The van der Waals surface area contributed by atoms with E-state index in [0.717, 1.165) is 11.1 Å². The number of rotatable bonds is 7. The summed E-state index contributed by atoms with van der Waals surface area (Å²) in [6, 6.07) is 16.7. The van der Waals surface area contributed by atoms with Crippen LogP contribution in [0.2, 0.25) is 0 Å². The Hall–Kier alpha value is -2.47. The number of hydrogen-bond donors (Lipinski definition) is 2. The van der Waals surface area contributed by atoms with Crippen LogP contribution in [0.25, 0.3) is 0 Å². The number of nitrogens with one attached hydrogen (secondary N) is 1. The number of benzene rings is 2. The maximum absolute atomic E-state index is 11.8. The van der Waals surface area contributed by atoms with Crippen molar-refractivity contribution in [3.8, 4) is 0 Å². The van der Waals surface area contributed by atoms with E-state index < -0.39 is 12.1 Å². The molecule has 1 amide bonds. The minimum absolute atomic E-state index is 0.0524. The van der Waals surface area contributed by atoms with Gasteiger partial charge in [0.1, 0.15) is 6.61 Å². The Morgan fingerprint density at radius 1 is 1.04 bits per heavy atom. The summed E-state index contributed by atoms with van der Waals surface area (Å²) in [5.74, 6) is -0.216. The first-order chi connectivity index (χ1) is 11.1. The Morgan fingerprint density at radius 3 is 2.52 bits per heavy atom. The third-order valence-corrected chi connectivity index (χ3v) is 3.87. The van der Waals surface area contributed by atoms with Crippen molar-refractivity contribution < 1.29 is 19.4 Å². The molecule has 5 nitrogen and oxygen atoms in total. The number of thioether (sulfide) groups is 1. The molecule has 0 saturated heterocycles. The predicted molar refractivity (Wildman–Crippen MR) is 90.5 cm³/mol. The second-order valence-electron chi connectivity index (χ2n) is 4.77. The fourth-order valence-electron chi connectivity index (χ4n) is 1.87. The summed E-state index contributed by atoms with van der Waals surface area (Å²) < 4.78 is 5.15. The number of ether oxygens (including phenoxy) is 1. The lowest BCUT2D eigenvalue weighted by Gasteiger charge is -2.08. The van der Waals surface area contributed by atoms with Crippen molar-refractivity contribution in [2.24, 2.45) is 0 Å². The van der Waals surface area contributed by atoms with E-state index in [9.17, 15) is 9.59 Å². The van der Waals surface area contributed by atoms with Crippen molar-refractivity contribution >= 4 is 29.5 Å². The van der Waals surface area contributed by atoms with E-state index in [2.05, 4.69) is 5.32 Å². The summed E-state index contributed by atoms with van der Waals surface area (Å²) in [6.45, 7) is 0.209. The highest BCUT2D eigenvalue weighted by Crippen LogP contribution is 2.17. The fourth-order valence-corrected chi connectivity index (χ4v) is 2.56. The van der Waals surface area contributed by atoms with E-state index in [1.165, 1.54) is 11.8 Å². The Morgan fingerprint density at radius 2 is 1.78 bits per heavy atom. The maximum Gasteiger partial charge on any atom is 0.411 e. The Bertz CT molecular complexity index is 661. The largest absolute Gasteiger partial charge is 0.481 e. The molecule has 0 heterocycles. The monoisotopic (exact) mass is 331 g/mol. The van der Waals surface area contributed by atoms with Gasteiger partial charge in [0, 0.05) is 11.4 Å². The molecule has 0 aliphatic rings. The van der Waals surface area contributed by atoms with Crippen molar-refractivity contribution in [2.45, 2.75) is 12.4 Å². The molecule has 0 radical (unpaired) electrons. The maximum atomic E-state index is 11.8. The third-order valence-electron chi connectivity index (χ3n) is 2.88. The second-order valence-corrected chi connectivity index (χ2v) is 5.76. The van der Waals surface area contributed by atoms with Crippen molar-refractivity contribution in [3.63, 3.8) is 0 Å². The van der Waals surface area contributed by atoms with Crippen LogP contribution < -0.4 is 5.32 Å². The zero-order valence-corrected chi connectivity index (χ0v) is 13.2. The molecule has 0 saturated carbocycles. The van der Waals surface area contributed by atoms with Gasteiger partial charge in [-0.3, -0.25) is 10.1 Å². The zero-order valence-electron chi connectivity index (χ0n) is 12.4. The topological polar surface area (TPSA) is 75.6 Å². The summed E-state index contributed by atoms with van der Waals surface area (Å²) in [7, 11) is 0. The molecule has 0 aliphatic heterocycles. The number of amides is 1. The van der Waals surface area contributed by atoms with Gasteiger partial charge in [-0.25, -0.2) is 4.79 Å². The van der Waals surface area contributed by atoms with E-state index in [0.29, 0.717) is 11.4 Å². The molecule has 23 heavy (non-hydrogen) atoms. The summed E-state index contributed by atoms with van der Waals surface area (Å²) in [5.41, 5.74) is 2.48. The summed E-state index contributed by atoms with van der Waals surface area (Å²) >= 11 is 1.31. The Balaban J connectivity index is 1.82. The average Bonchev–Trinajstić information content (AvgIpc) is 2.54. The molecule has 2 aromatic carbocycles. The van der Waals surface area contributed by atoms with E-state index in [1.807, 2.05) is 42.5 Å². The zero-order chi connectivity index (χ0) is 16.5. The molecule has 6 heteroatoms. The summed E-state index contributed by atoms with van der Waals surface area (Å²) in [4.78, 5) is 22.3. The van der Waals surface area contributed by atoms with Crippen LogP contribution in [0.1, 0.15) is 11.1 Å². The highest BCUT2D eigenvalue weighted by molar-refractivity contribution is 7.99. The van der Waals surface area contributed by atoms with Crippen LogP contribution in [0.5, 0.6) is 0 Å².